The number of hydrogen-bond donors (Lipinski definition) is 3. The van der Waals surface area contributed by atoms with Gasteiger partial charge in [0.2, 0.25) is 5.91 Å². The van der Waals surface area contributed by atoms with Gasteiger partial charge in [-0.05, 0) is 47.9 Å². The summed E-state index contributed by atoms with van der Waals surface area (Å²) in [6, 6.07) is 10.7. The van der Waals surface area contributed by atoms with Gasteiger partial charge in [0, 0.05) is 11.8 Å². The number of benzene rings is 2. The van der Waals surface area contributed by atoms with Gasteiger partial charge in [-0.25, -0.2) is 0 Å². The van der Waals surface area contributed by atoms with Crippen LogP contribution in [-0.2, 0) is 11.2 Å². The van der Waals surface area contributed by atoms with Gasteiger partial charge in [0.1, 0.15) is 23.9 Å². The third-order valence-electron chi connectivity index (χ3n) is 4.63. The molecule has 7 heteroatoms. The van der Waals surface area contributed by atoms with Gasteiger partial charge in [0.15, 0.2) is 0 Å². The van der Waals surface area contributed by atoms with Crippen LogP contribution in [0.3, 0.4) is 0 Å². The van der Waals surface area contributed by atoms with Crippen LogP contribution in [0.15, 0.2) is 48.8 Å². The molecule has 3 aromatic rings. The summed E-state index contributed by atoms with van der Waals surface area (Å²) in [7, 11) is 1.60. The molecule has 1 aromatic heterocycles. The lowest BCUT2D eigenvalue weighted by Crippen LogP contribution is -2.32. The van der Waals surface area contributed by atoms with Crippen molar-refractivity contribution >= 4 is 11.6 Å². The minimum atomic E-state index is -0.349. The van der Waals surface area contributed by atoms with Crippen molar-refractivity contribution in [2.75, 3.05) is 19.0 Å². The number of aromatic nitrogens is 2. The highest BCUT2D eigenvalue weighted by Crippen LogP contribution is 2.33. The molecule has 7 nitrogen and oxygen atoms in total. The van der Waals surface area contributed by atoms with Crippen LogP contribution in [0.4, 0.5) is 5.69 Å². The molecule has 4 rings (SSSR count). The summed E-state index contributed by atoms with van der Waals surface area (Å²) >= 11 is 0. The molecule has 138 valence electrons. The van der Waals surface area contributed by atoms with Gasteiger partial charge >= 0.3 is 0 Å². The average molecular weight is 365 g/mol. The second-order valence-electron chi connectivity index (χ2n) is 6.39. The Hall–Kier alpha value is -3.48. The van der Waals surface area contributed by atoms with E-state index in [9.17, 15) is 9.90 Å². The number of carbonyl (C=O) groups is 1. The number of carbonyl (C=O) groups excluding carboxylic acids is 1. The Morgan fingerprint density at radius 2 is 2.19 bits per heavy atom. The van der Waals surface area contributed by atoms with Crippen molar-refractivity contribution in [3.8, 4) is 28.4 Å². The monoisotopic (exact) mass is 365 g/mol. The lowest BCUT2D eigenvalue weighted by atomic mass is 9.95. The molecule has 0 saturated carbocycles. The Morgan fingerprint density at radius 3 is 2.93 bits per heavy atom. The van der Waals surface area contributed by atoms with Crippen molar-refractivity contribution in [1.29, 1.82) is 0 Å². The van der Waals surface area contributed by atoms with Crippen LogP contribution in [0.2, 0.25) is 0 Å². The van der Waals surface area contributed by atoms with E-state index >= 15 is 0 Å². The molecule has 0 bridgehead atoms. The summed E-state index contributed by atoms with van der Waals surface area (Å²) in [6.45, 7) is 0.291. The minimum Gasteiger partial charge on any atom is -0.506 e. The normalized spacial score (nSPS) is 15.5. The number of nitrogens with zero attached hydrogens (tertiary/aromatic N) is 1. The van der Waals surface area contributed by atoms with E-state index in [0.29, 0.717) is 18.7 Å². The van der Waals surface area contributed by atoms with E-state index in [1.165, 1.54) is 0 Å². The quantitative estimate of drug-likeness (QED) is 0.618. The Labute approximate surface area is 155 Å². The fourth-order valence-corrected chi connectivity index (χ4v) is 3.13. The number of ether oxygens (including phenoxy) is 2. The fraction of sp³-hybridized carbons (Fsp3) is 0.200. The summed E-state index contributed by atoms with van der Waals surface area (Å²) in [5, 5.41) is 19.7. The topological polar surface area (TPSA) is 96.5 Å². The van der Waals surface area contributed by atoms with E-state index < -0.39 is 0 Å². The zero-order chi connectivity index (χ0) is 18.8. The van der Waals surface area contributed by atoms with E-state index in [2.05, 4.69) is 15.5 Å². The highest BCUT2D eigenvalue weighted by Gasteiger charge is 2.27. The van der Waals surface area contributed by atoms with Gasteiger partial charge in [0.05, 0.1) is 24.9 Å². The smallest absolute Gasteiger partial charge is 0.231 e. The third kappa shape index (κ3) is 3.44. The van der Waals surface area contributed by atoms with Crippen molar-refractivity contribution in [2.24, 2.45) is 5.92 Å². The largest absolute Gasteiger partial charge is 0.506 e. The predicted octanol–water partition coefficient (Wildman–Crippen LogP) is 2.98. The first-order chi connectivity index (χ1) is 13.1. The van der Waals surface area contributed by atoms with Crippen molar-refractivity contribution in [3.05, 3.63) is 54.4 Å². The molecule has 3 N–H and O–H groups in total. The van der Waals surface area contributed by atoms with Gasteiger partial charge in [0.25, 0.3) is 0 Å². The van der Waals surface area contributed by atoms with Crippen molar-refractivity contribution < 1.29 is 19.4 Å². The number of amides is 1. The molecule has 0 unspecified atom stereocenters. The zero-order valence-electron chi connectivity index (χ0n) is 14.7. The molecule has 0 spiro atoms. The SMILES string of the molecule is COc1ccc2c(c1)C[C@H](C(=O)Nc1ccc(-c3cn[nH]c3)cc1O)CO2. The highest BCUT2D eigenvalue weighted by molar-refractivity contribution is 5.94. The average Bonchev–Trinajstić information content (AvgIpc) is 3.23. The number of fused-ring (bicyclic) bond motifs is 1. The Kier molecular flexibility index (Phi) is 4.42. The molecule has 0 radical (unpaired) electrons. The molecule has 2 aromatic carbocycles. The number of anilines is 1. The van der Waals surface area contributed by atoms with Crippen molar-refractivity contribution in [3.63, 3.8) is 0 Å². The lowest BCUT2D eigenvalue weighted by Gasteiger charge is -2.25. The number of H-pyrrole nitrogens is 1. The second-order valence-corrected chi connectivity index (χ2v) is 6.39. The van der Waals surface area contributed by atoms with Crippen molar-refractivity contribution in [2.45, 2.75) is 6.42 Å². The lowest BCUT2D eigenvalue weighted by molar-refractivity contribution is -0.121. The Balaban J connectivity index is 1.48. The standard InChI is InChI=1S/C20H19N3O4/c1-26-16-3-5-19-13(7-16)6-14(11-27-19)20(25)23-17-4-2-12(8-18(17)24)15-9-21-22-10-15/h2-5,7-10,14,24H,6,11H2,1H3,(H,21,22)(H,23,25)/t14-/m0/s1. The summed E-state index contributed by atoms with van der Waals surface area (Å²) in [5.74, 6) is 0.950. The van der Waals surface area contributed by atoms with E-state index in [4.69, 9.17) is 9.47 Å². The maximum Gasteiger partial charge on any atom is 0.231 e. The molecule has 2 heterocycles. The molecular weight excluding hydrogens is 346 g/mol. The van der Waals surface area contributed by atoms with Crippen LogP contribution >= 0.6 is 0 Å². The number of methoxy groups -OCH3 is 1. The van der Waals surface area contributed by atoms with Crippen LogP contribution in [0.25, 0.3) is 11.1 Å². The molecule has 1 aliphatic heterocycles. The van der Waals surface area contributed by atoms with E-state index in [0.717, 1.165) is 28.2 Å². The Morgan fingerprint density at radius 1 is 1.30 bits per heavy atom. The number of phenolic OH excluding ortho intramolecular Hbond substituents is 1. The maximum atomic E-state index is 12.6. The number of rotatable bonds is 4. The number of hydrogen-bond acceptors (Lipinski definition) is 5. The van der Waals surface area contributed by atoms with Crippen LogP contribution < -0.4 is 14.8 Å². The highest BCUT2D eigenvalue weighted by atomic mass is 16.5. The van der Waals surface area contributed by atoms with Crippen LogP contribution in [0.1, 0.15) is 5.56 Å². The summed E-state index contributed by atoms with van der Waals surface area (Å²) in [6.07, 6.45) is 3.95. The first kappa shape index (κ1) is 17.0. The van der Waals surface area contributed by atoms with Crippen LogP contribution in [-0.4, -0.2) is 34.9 Å². The molecule has 0 fully saturated rings. The van der Waals surface area contributed by atoms with Crippen LogP contribution in [0.5, 0.6) is 17.2 Å². The van der Waals surface area contributed by atoms with Gasteiger partial charge in [-0.15, -0.1) is 0 Å². The Bertz CT molecular complexity index is 969. The van der Waals surface area contributed by atoms with Gasteiger partial charge in [-0.3, -0.25) is 9.89 Å². The molecule has 1 atom stereocenters. The van der Waals surface area contributed by atoms with E-state index in [1.54, 1.807) is 31.6 Å². The number of aromatic amines is 1. The summed E-state index contributed by atoms with van der Waals surface area (Å²) in [5.41, 5.74) is 2.96. The maximum absolute atomic E-state index is 12.6. The summed E-state index contributed by atoms with van der Waals surface area (Å²) < 4.78 is 10.9. The molecule has 1 amide bonds. The van der Waals surface area contributed by atoms with Gasteiger partial charge < -0.3 is 19.9 Å². The molecule has 1 aliphatic rings. The number of phenols is 1. The fourth-order valence-electron chi connectivity index (χ4n) is 3.13. The van der Waals surface area contributed by atoms with E-state index in [-0.39, 0.29) is 17.6 Å². The molecule has 0 aliphatic carbocycles. The molecule has 0 saturated heterocycles. The van der Waals surface area contributed by atoms with Crippen molar-refractivity contribution in [1.82, 2.24) is 10.2 Å². The third-order valence-corrected chi connectivity index (χ3v) is 4.63. The second kappa shape index (κ2) is 7.03. The zero-order valence-corrected chi connectivity index (χ0v) is 14.7. The first-order valence-electron chi connectivity index (χ1n) is 8.57. The summed E-state index contributed by atoms with van der Waals surface area (Å²) in [4.78, 5) is 12.6. The predicted molar refractivity (Wildman–Crippen MR) is 100 cm³/mol. The molecular formula is C20H19N3O4. The number of nitrogens with one attached hydrogen (secondary N) is 2. The minimum absolute atomic E-state index is 0.000784. The first-order valence-corrected chi connectivity index (χ1v) is 8.57. The molecule has 27 heavy (non-hydrogen) atoms. The number of aromatic hydroxyl groups is 1. The van der Waals surface area contributed by atoms with Gasteiger partial charge in [-0.2, -0.15) is 5.10 Å². The van der Waals surface area contributed by atoms with E-state index in [1.807, 2.05) is 24.3 Å². The van der Waals surface area contributed by atoms with Crippen LogP contribution in [0, 0.1) is 5.92 Å². The van der Waals surface area contributed by atoms with Gasteiger partial charge in [-0.1, -0.05) is 6.07 Å².